The summed E-state index contributed by atoms with van der Waals surface area (Å²) in [6.45, 7) is 0. The molecule has 3 nitrogen and oxygen atoms in total. The van der Waals surface area contributed by atoms with Crippen LogP contribution >= 0.6 is 0 Å². The molecule has 0 bridgehead atoms. The van der Waals surface area contributed by atoms with Crippen LogP contribution in [-0.4, -0.2) is 15.0 Å². The highest BCUT2D eigenvalue weighted by Gasteiger charge is 2.18. The molecule has 11 aromatic rings. The number of hydrogen-bond donors (Lipinski definition) is 0. The lowest BCUT2D eigenvalue weighted by Gasteiger charge is -2.15. The summed E-state index contributed by atoms with van der Waals surface area (Å²) < 4.78 is 0. The molecule has 0 saturated heterocycles. The van der Waals surface area contributed by atoms with Crippen LogP contribution in [0.5, 0.6) is 0 Å². The first kappa shape index (κ1) is 33.6. The molecule has 0 fully saturated rings. The standard InChI is InChI=1S/C55H35N3/c1-3-13-36(14-4-1)40-27-28-42-32-45(30-29-41(42)31-40)53-56-54(58-55(57-53)50-24-12-20-39-25-26-43(34-51(39)50)37-15-5-2-6-16-37)46-33-44-18-8-10-22-48(44)52(35-46)49-23-11-19-38-17-7-9-21-47(38)49/h1-35H. The summed E-state index contributed by atoms with van der Waals surface area (Å²) in [5, 5.41) is 9.24. The van der Waals surface area contributed by atoms with Crippen LogP contribution in [0.1, 0.15) is 0 Å². The summed E-state index contributed by atoms with van der Waals surface area (Å²) in [6, 6.07) is 75.4. The van der Waals surface area contributed by atoms with Gasteiger partial charge in [0.05, 0.1) is 0 Å². The number of fused-ring (bicyclic) bond motifs is 4. The fourth-order valence-corrected chi connectivity index (χ4v) is 8.35. The Balaban J connectivity index is 1.13. The van der Waals surface area contributed by atoms with Gasteiger partial charge in [0, 0.05) is 16.7 Å². The van der Waals surface area contributed by atoms with Gasteiger partial charge in [0.25, 0.3) is 0 Å². The first-order valence-corrected chi connectivity index (χ1v) is 19.7. The van der Waals surface area contributed by atoms with E-state index in [1.165, 1.54) is 38.4 Å². The SMILES string of the molecule is c1ccc(-c2ccc3cc(-c4nc(-c5cc(-c6cccc7ccccc67)c6ccccc6c5)nc(-c5cccc6ccc(-c7ccccc7)cc56)n4)ccc3c2)cc1. The van der Waals surface area contributed by atoms with Crippen LogP contribution in [0, 0.1) is 0 Å². The van der Waals surface area contributed by atoms with E-state index in [0.717, 1.165) is 54.7 Å². The van der Waals surface area contributed by atoms with Gasteiger partial charge in [-0.1, -0.05) is 182 Å². The second-order valence-electron chi connectivity index (χ2n) is 14.8. The van der Waals surface area contributed by atoms with E-state index in [2.05, 4.69) is 212 Å². The molecule has 270 valence electrons. The van der Waals surface area contributed by atoms with Crippen molar-refractivity contribution in [3.05, 3.63) is 212 Å². The zero-order valence-electron chi connectivity index (χ0n) is 31.5. The van der Waals surface area contributed by atoms with Crippen molar-refractivity contribution in [1.29, 1.82) is 0 Å². The lowest BCUT2D eigenvalue weighted by Crippen LogP contribution is -2.01. The Hall–Kier alpha value is -7.75. The molecule has 0 amide bonds. The van der Waals surface area contributed by atoms with Crippen molar-refractivity contribution in [2.75, 3.05) is 0 Å². The molecule has 0 atom stereocenters. The van der Waals surface area contributed by atoms with Crippen LogP contribution in [0.25, 0.3) is 111 Å². The van der Waals surface area contributed by atoms with Crippen LogP contribution in [0.2, 0.25) is 0 Å². The topological polar surface area (TPSA) is 38.7 Å². The third-order valence-electron chi connectivity index (χ3n) is 11.3. The minimum Gasteiger partial charge on any atom is -0.208 e. The highest BCUT2D eigenvalue weighted by Crippen LogP contribution is 2.39. The van der Waals surface area contributed by atoms with Crippen LogP contribution in [0.4, 0.5) is 0 Å². The Bertz CT molecular complexity index is 3330. The maximum Gasteiger partial charge on any atom is 0.164 e. The average molecular weight is 738 g/mol. The largest absolute Gasteiger partial charge is 0.208 e. The van der Waals surface area contributed by atoms with Crippen molar-refractivity contribution in [2.45, 2.75) is 0 Å². The number of nitrogens with zero attached hydrogens (tertiary/aromatic N) is 3. The summed E-state index contributed by atoms with van der Waals surface area (Å²) >= 11 is 0. The normalized spacial score (nSPS) is 11.4. The molecule has 0 aliphatic rings. The number of benzene rings is 10. The van der Waals surface area contributed by atoms with Crippen molar-refractivity contribution in [2.24, 2.45) is 0 Å². The molecule has 1 aromatic heterocycles. The molecule has 58 heavy (non-hydrogen) atoms. The maximum absolute atomic E-state index is 5.34. The minimum atomic E-state index is 0.628. The van der Waals surface area contributed by atoms with Gasteiger partial charge in [-0.15, -0.1) is 0 Å². The van der Waals surface area contributed by atoms with Crippen LogP contribution in [0.3, 0.4) is 0 Å². The average Bonchev–Trinajstić information content (AvgIpc) is 3.30. The molecule has 0 saturated carbocycles. The second-order valence-corrected chi connectivity index (χ2v) is 14.8. The molecule has 0 N–H and O–H groups in total. The smallest absolute Gasteiger partial charge is 0.164 e. The predicted molar refractivity (Wildman–Crippen MR) is 242 cm³/mol. The second kappa shape index (κ2) is 14.1. The third kappa shape index (κ3) is 6.07. The Morgan fingerprint density at radius 2 is 0.672 bits per heavy atom. The van der Waals surface area contributed by atoms with Gasteiger partial charge in [-0.2, -0.15) is 0 Å². The van der Waals surface area contributed by atoms with Gasteiger partial charge in [-0.25, -0.2) is 15.0 Å². The summed E-state index contributed by atoms with van der Waals surface area (Å²) in [5.41, 5.74) is 9.86. The Morgan fingerprint density at radius 3 is 1.38 bits per heavy atom. The summed E-state index contributed by atoms with van der Waals surface area (Å²) in [4.78, 5) is 15.9. The quantitative estimate of drug-likeness (QED) is 0.171. The zero-order valence-corrected chi connectivity index (χ0v) is 31.5. The van der Waals surface area contributed by atoms with Crippen molar-refractivity contribution in [1.82, 2.24) is 15.0 Å². The van der Waals surface area contributed by atoms with Crippen molar-refractivity contribution >= 4 is 43.1 Å². The molecule has 11 rings (SSSR count). The van der Waals surface area contributed by atoms with Gasteiger partial charge in [0.2, 0.25) is 0 Å². The molecule has 0 spiro atoms. The van der Waals surface area contributed by atoms with E-state index in [-0.39, 0.29) is 0 Å². The molecule has 0 radical (unpaired) electrons. The summed E-state index contributed by atoms with van der Waals surface area (Å²) in [7, 11) is 0. The Labute approximate surface area is 336 Å². The van der Waals surface area contributed by atoms with E-state index in [9.17, 15) is 0 Å². The van der Waals surface area contributed by atoms with Crippen LogP contribution < -0.4 is 0 Å². The monoisotopic (exact) mass is 737 g/mol. The summed E-state index contributed by atoms with van der Waals surface area (Å²) in [5.74, 6) is 1.89. The Morgan fingerprint density at radius 1 is 0.207 bits per heavy atom. The van der Waals surface area contributed by atoms with Gasteiger partial charge >= 0.3 is 0 Å². The van der Waals surface area contributed by atoms with E-state index in [1.54, 1.807) is 0 Å². The highest BCUT2D eigenvalue weighted by atomic mass is 15.0. The van der Waals surface area contributed by atoms with Crippen molar-refractivity contribution in [3.63, 3.8) is 0 Å². The van der Waals surface area contributed by atoms with Gasteiger partial charge < -0.3 is 0 Å². The Kier molecular flexibility index (Phi) is 8.15. The van der Waals surface area contributed by atoms with Crippen LogP contribution in [0.15, 0.2) is 212 Å². The molecule has 0 aliphatic carbocycles. The third-order valence-corrected chi connectivity index (χ3v) is 11.3. The summed E-state index contributed by atoms with van der Waals surface area (Å²) in [6.07, 6.45) is 0. The van der Waals surface area contributed by atoms with Gasteiger partial charge in [-0.3, -0.25) is 0 Å². The van der Waals surface area contributed by atoms with E-state index in [4.69, 9.17) is 15.0 Å². The van der Waals surface area contributed by atoms with E-state index >= 15 is 0 Å². The molecule has 0 aliphatic heterocycles. The fourth-order valence-electron chi connectivity index (χ4n) is 8.35. The zero-order chi connectivity index (χ0) is 38.4. The van der Waals surface area contributed by atoms with Gasteiger partial charge in [-0.05, 0) is 107 Å². The minimum absolute atomic E-state index is 0.628. The van der Waals surface area contributed by atoms with Gasteiger partial charge in [0.1, 0.15) is 0 Å². The highest BCUT2D eigenvalue weighted by molar-refractivity contribution is 6.07. The van der Waals surface area contributed by atoms with Crippen molar-refractivity contribution < 1.29 is 0 Å². The fraction of sp³-hybridized carbons (Fsp3) is 0. The molecule has 1 heterocycles. The first-order chi connectivity index (χ1) is 28.7. The number of hydrogen-bond acceptors (Lipinski definition) is 3. The molecular formula is C55H35N3. The first-order valence-electron chi connectivity index (χ1n) is 19.7. The number of aromatic nitrogens is 3. The lowest BCUT2D eigenvalue weighted by molar-refractivity contribution is 1.08. The van der Waals surface area contributed by atoms with Crippen LogP contribution in [-0.2, 0) is 0 Å². The van der Waals surface area contributed by atoms with E-state index in [0.29, 0.717) is 17.5 Å². The molecule has 3 heteroatoms. The van der Waals surface area contributed by atoms with Gasteiger partial charge in [0.15, 0.2) is 17.5 Å². The predicted octanol–water partition coefficient (Wildman–Crippen LogP) is 14.5. The van der Waals surface area contributed by atoms with E-state index in [1.807, 2.05) is 0 Å². The van der Waals surface area contributed by atoms with E-state index < -0.39 is 0 Å². The molecular weight excluding hydrogens is 703 g/mol. The van der Waals surface area contributed by atoms with Crippen molar-refractivity contribution in [3.8, 4) is 67.5 Å². The lowest BCUT2D eigenvalue weighted by atomic mass is 9.92. The molecule has 10 aromatic carbocycles. The molecule has 0 unspecified atom stereocenters. The maximum atomic E-state index is 5.34. The number of rotatable bonds is 6.